The summed E-state index contributed by atoms with van der Waals surface area (Å²) in [6.07, 6.45) is 3.40. The number of amides is 3. The first-order valence-corrected chi connectivity index (χ1v) is 10.4. The predicted molar refractivity (Wildman–Crippen MR) is 114 cm³/mol. The molecule has 1 aliphatic heterocycles. The van der Waals surface area contributed by atoms with Gasteiger partial charge in [-0.1, -0.05) is 48.9 Å². The SMILES string of the molecule is CC(C(=O)Nc1cccc(C#Cc2ccccc2)c1)N1C(=O)C2CCCCC2C1=O. The topological polar surface area (TPSA) is 66.5 Å². The van der Waals surface area contributed by atoms with Gasteiger partial charge >= 0.3 is 0 Å². The first-order valence-electron chi connectivity index (χ1n) is 10.4. The fourth-order valence-electron chi connectivity index (χ4n) is 4.27. The van der Waals surface area contributed by atoms with Crippen LogP contribution in [0.4, 0.5) is 5.69 Å². The van der Waals surface area contributed by atoms with Gasteiger partial charge in [0.2, 0.25) is 17.7 Å². The van der Waals surface area contributed by atoms with Crippen molar-refractivity contribution in [1.29, 1.82) is 0 Å². The summed E-state index contributed by atoms with van der Waals surface area (Å²) in [5, 5.41) is 2.83. The molecule has 3 unspecified atom stereocenters. The second-order valence-electron chi connectivity index (χ2n) is 7.91. The number of carbonyl (C=O) groups is 3. The zero-order chi connectivity index (χ0) is 21.1. The van der Waals surface area contributed by atoms with E-state index in [0.717, 1.165) is 36.8 Å². The van der Waals surface area contributed by atoms with Crippen LogP contribution >= 0.6 is 0 Å². The second-order valence-corrected chi connectivity index (χ2v) is 7.91. The minimum atomic E-state index is -0.838. The van der Waals surface area contributed by atoms with Crippen molar-refractivity contribution in [2.75, 3.05) is 5.32 Å². The molecule has 1 N–H and O–H groups in total. The minimum Gasteiger partial charge on any atom is -0.324 e. The van der Waals surface area contributed by atoms with Crippen LogP contribution in [-0.2, 0) is 14.4 Å². The number of benzene rings is 2. The van der Waals surface area contributed by atoms with Crippen LogP contribution in [0.15, 0.2) is 54.6 Å². The van der Waals surface area contributed by atoms with E-state index in [-0.39, 0.29) is 29.6 Å². The van der Waals surface area contributed by atoms with Crippen molar-refractivity contribution < 1.29 is 14.4 Å². The van der Waals surface area contributed by atoms with Crippen LogP contribution in [0, 0.1) is 23.7 Å². The average Bonchev–Trinajstić information content (AvgIpc) is 3.03. The molecule has 1 heterocycles. The number of rotatable bonds is 3. The van der Waals surface area contributed by atoms with Crippen molar-refractivity contribution in [3.63, 3.8) is 0 Å². The molecule has 30 heavy (non-hydrogen) atoms. The minimum absolute atomic E-state index is 0.199. The van der Waals surface area contributed by atoms with E-state index in [2.05, 4.69) is 17.2 Å². The molecule has 3 amide bonds. The van der Waals surface area contributed by atoms with E-state index < -0.39 is 6.04 Å². The highest BCUT2D eigenvalue weighted by Crippen LogP contribution is 2.38. The Kier molecular flexibility index (Phi) is 5.67. The predicted octanol–water partition coefficient (Wildman–Crippen LogP) is 3.59. The maximum absolute atomic E-state index is 12.8. The monoisotopic (exact) mass is 400 g/mol. The highest BCUT2D eigenvalue weighted by molar-refractivity contribution is 6.09. The quantitative estimate of drug-likeness (QED) is 0.633. The Morgan fingerprint density at radius 1 is 0.933 bits per heavy atom. The molecule has 1 saturated carbocycles. The summed E-state index contributed by atoms with van der Waals surface area (Å²) in [5.41, 5.74) is 2.26. The van der Waals surface area contributed by atoms with Gasteiger partial charge in [-0.25, -0.2) is 0 Å². The first kappa shape index (κ1) is 19.9. The average molecular weight is 400 g/mol. The lowest BCUT2D eigenvalue weighted by Gasteiger charge is -2.22. The molecule has 4 rings (SSSR count). The van der Waals surface area contributed by atoms with Gasteiger partial charge in [0, 0.05) is 16.8 Å². The highest BCUT2D eigenvalue weighted by Gasteiger charge is 2.50. The van der Waals surface area contributed by atoms with Gasteiger partial charge < -0.3 is 5.32 Å². The molecule has 1 aliphatic carbocycles. The Morgan fingerprint density at radius 3 is 2.20 bits per heavy atom. The fourth-order valence-corrected chi connectivity index (χ4v) is 4.27. The molecule has 3 atom stereocenters. The summed E-state index contributed by atoms with van der Waals surface area (Å²) in [6.45, 7) is 1.61. The van der Waals surface area contributed by atoms with Crippen molar-refractivity contribution in [2.45, 2.75) is 38.6 Å². The molecular weight excluding hydrogens is 376 g/mol. The Bertz CT molecular complexity index is 1010. The lowest BCUT2D eigenvalue weighted by atomic mass is 9.81. The summed E-state index contributed by atoms with van der Waals surface area (Å²) in [7, 11) is 0. The molecule has 0 spiro atoms. The first-order chi connectivity index (χ1) is 14.5. The third-order valence-corrected chi connectivity index (χ3v) is 5.90. The number of anilines is 1. The number of nitrogens with zero attached hydrogens (tertiary/aromatic N) is 1. The van der Waals surface area contributed by atoms with E-state index in [0.29, 0.717) is 5.69 Å². The van der Waals surface area contributed by atoms with Crippen LogP contribution in [0.2, 0.25) is 0 Å². The molecular formula is C25H24N2O3. The summed E-state index contributed by atoms with van der Waals surface area (Å²) < 4.78 is 0. The molecule has 2 aliphatic rings. The molecule has 0 radical (unpaired) electrons. The van der Waals surface area contributed by atoms with Crippen LogP contribution < -0.4 is 5.32 Å². The number of hydrogen-bond acceptors (Lipinski definition) is 3. The van der Waals surface area contributed by atoms with Gasteiger partial charge in [0.1, 0.15) is 6.04 Å². The number of carbonyl (C=O) groups excluding carboxylic acids is 3. The van der Waals surface area contributed by atoms with E-state index in [1.807, 2.05) is 42.5 Å². The molecule has 5 nitrogen and oxygen atoms in total. The highest BCUT2D eigenvalue weighted by atomic mass is 16.2. The molecule has 2 aromatic carbocycles. The van der Waals surface area contributed by atoms with E-state index in [9.17, 15) is 14.4 Å². The van der Waals surface area contributed by atoms with Crippen molar-refractivity contribution in [3.8, 4) is 11.8 Å². The van der Waals surface area contributed by atoms with Gasteiger partial charge in [-0.3, -0.25) is 19.3 Å². The van der Waals surface area contributed by atoms with Gasteiger partial charge in [-0.05, 0) is 50.1 Å². The summed E-state index contributed by atoms with van der Waals surface area (Å²) in [4.78, 5) is 39.4. The van der Waals surface area contributed by atoms with Crippen LogP contribution in [0.3, 0.4) is 0 Å². The zero-order valence-corrected chi connectivity index (χ0v) is 16.9. The molecule has 5 heteroatoms. The van der Waals surface area contributed by atoms with Crippen LogP contribution in [0.5, 0.6) is 0 Å². The van der Waals surface area contributed by atoms with Crippen molar-refractivity contribution in [2.24, 2.45) is 11.8 Å². The Morgan fingerprint density at radius 2 is 1.53 bits per heavy atom. The second kappa shape index (κ2) is 8.54. The third kappa shape index (κ3) is 3.99. The van der Waals surface area contributed by atoms with E-state index in [1.54, 1.807) is 19.1 Å². The summed E-state index contributed by atoms with van der Waals surface area (Å²) >= 11 is 0. The van der Waals surface area contributed by atoms with Gasteiger partial charge in [-0.15, -0.1) is 0 Å². The molecule has 1 saturated heterocycles. The van der Waals surface area contributed by atoms with Gasteiger partial charge in [0.15, 0.2) is 0 Å². The Labute approximate surface area is 176 Å². The summed E-state index contributed by atoms with van der Waals surface area (Å²) in [5.74, 6) is 4.90. The molecule has 0 aromatic heterocycles. The van der Waals surface area contributed by atoms with Gasteiger partial charge in [0.25, 0.3) is 0 Å². The summed E-state index contributed by atoms with van der Waals surface area (Å²) in [6, 6.07) is 16.1. The van der Waals surface area contributed by atoms with Crippen molar-refractivity contribution in [1.82, 2.24) is 4.90 Å². The number of nitrogens with one attached hydrogen (secondary N) is 1. The van der Waals surface area contributed by atoms with Gasteiger partial charge in [0.05, 0.1) is 11.8 Å². The van der Waals surface area contributed by atoms with Crippen LogP contribution in [-0.4, -0.2) is 28.7 Å². The Hall–Kier alpha value is -3.39. The van der Waals surface area contributed by atoms with E-state index in [1.165, 1.54) is 4.90 Å². The number of imide groups is 1. The van der Waals surface area contributed by atoms with Crippen LogP contribution in [0.1, 0.15) is 43.7 Å². The normalized spacial score (nSPS) is 21.4. The van der Waals surface area contributed by atoms with E-state index >= 15 is 0 Å². The Balaban J connectivity index is 1.46. The standard InChI is InChI=1S/C25H24N2O3/c1-17(27-24(29)21-12-5-6-13-22(21)25(27)30)23(28)26-20-11-7-10-19(16-20)15-14-18-8-3-2-4-9-18/h2-4,7-11,16-17,21-22H,5-6,12-13H2,1H3,(H,26,28). The van der Waals surface area contributed by atoms with Crippen LogP contribution in [0.25, 0.3) is 0 Å². The maximum Gasteiger partial charge on any atom is 0.247 e. The molecule has 2 aromatic rings. The number of likely N-dealkylation sites (tertiary alicyclic amines) is 1. The molecule has 152 valence electrons. The fraction of sp³-hybridized carbons (Fsp3) is 0.320. The molecule has 0 bridgehead atoms. The van der Waals surface area contributed by atoms with Crippen molar-refractivity contribution in [3.05, 3.63) is 65.7 Å². The smallest absolute Gasteiger partial charge is 0.247 e. The maximum atomic E-state index is 12.8. The largest absolute Gasteiger partial charge is 0.324 e. The molecule has 2 fully saturated rings. The number of fused-ring (bicyclic) bond motifs is 1. The van der Waals surface area contributed by atoms with Gasteiger partial charge in [-0.2, -0.15) is 0 Å². The lowest BCUT2D eigenvalue weighted by molar-refractivity contribution is -0.146. The zero-order valence-electron chi connectivity index (χ0n) is 16.9. The van der Waals surface area contributed by atoms with Crippen molar-refractivity contribution >= 4 is 23.4 Å². The van der Waals surface area contributed by atoms with E-state index in [4.69, 9.17) is 0 Å². The lowest BCUT2D eigenvalue weighted by Crippen LogP contribution is -2.46. The third-order valence-electron chi connectivity index (χ3n) is 5.90. The number of hydrogen-bond donors (Lipinski definition) is 1.